The number of carbonyl (C=O) groups excluding carboxylic acids is 2. The third-order valence-electron chi connectivity index (χ3n) is 6.04. The second-order valence-corrected chi connectivity index (χ2v) is 11.5. The number of rotatable bonds is 14. The Morgan fingerprint density at radius 2 is 1.68 bits per heavy atom. The van der Waals surface area contributed by atoms with Crippen LogP contribution in [0.25, 0.3) is 0 Å². The SMILES string of the molecule is CCOc1ccc(N(CCCC(=O)N(Cc2ccccc2C)[C@H](C)C(=O)NCC(C)C)S(C)(=O)=O)cc1. The number of ether oxygens (including phenoxy) is 1. The zero-order valence-corrected chi connectivity index (χ0v) is 23.7. The largest absolute Gasteiger partial charge is 0.494 e. The van der Waals surface area contributed by atoms with Crippen LogP contribution in [0.5, 0.6) is 5.75 Å². The smallest absolute Gasteiger partial charge is 0.242 e. The van der Waals surface area contributed by atoms with Gasteiger partial charge in [0.1, 0.15) is 11.8 Å². The van der Waals surface area contributed by atoms with E-state index in [1.165, 1.54) is 4.31 Å². The number of hydrogen-bond acceptors (Lipinski definition) is 5. The van der Waals surface area contributed by atoms with Crippen LogP contribution in [0.1, 0.15) is 51.7 Å². The molecule has 2 amide bonds. The molecular formula is C28H41N3O5S. The second-order valence-electron chi connectivity index (χ2n) is 9.63. The maximum atomic E-state index is 13.4. The molecule has 2 rings (SSSR count). The van der Waals surface area contributed by atoms with E-state index in [1.807, 2.05) is 52.0 Å². The van der Waals surface area contributed by atoms with Crippen LogP contribution in [0.15, 0.2) is 48.5 Å². The molecule has 0 aromatic heterocycles. The normalized spacial score (nSPS) is 12.2. The predicted octanol–water partition coefficient (Wildman–Crippen LogP) is 4.13. The number of aryl methyl sites for hydroxylation is 1. The standard InChI is InChI=1S/C28H41N3O5S/c1-7-36-26-16-14-25(15-17-26)31(37(6,34)35)18-10-13-27(32)30(20-24-12-9-8-11-22(24)4)23(5)28(33)29-19-21(2)3/h8-9,11-12,14-17,21,23H,7,10,13,18-20H2,1-6H3,(H,29,33)/t23-/m1/s1. The van der Waals surface area contributed by atoms with Crippen molar-refractivity contribution in [1.29, 1.82) is 0 Å². The number of nitrogens with one attached hydrogen (secondary N) is 1. The number of sulfonamides is 1. The summed E-state index contributed by atoms with van der Waals surface area (Å²) in [4.78, 5) is 27.8. The van der Waals surface area contributed by atoms with Crippen molar-refractivity contribution in [2.24, 2.45) is 5.92 Å². The number of hydrogen-bond donors (Lipinski definition) is 1. The lowest BCUT2D eigenvalue weighted by atomic mass is 10.1. The van der Waals surface area contributed by atoms with E-state index in [1.54, 1.807) is 36.1 Å². The van der Waals surface area contributed by atoms with Gasteiger partial charge in [-0.15, -0.1) is 0 Å². The summed E-state index contributed by atoms with van der Waals surface area (Å²) in [7, 11) is -3.56. The van der Waals surface area contributed by atoms with Gasteiger partial charge in [-0.25, -0.2) is 8.42 Å². The van der Waals surface area contributed by atoms with E-state index in [-0.39, 0.29) is 24.8 Å². The average molecular weight is 532 g/mol. The van der Waals surface area contributed by atoms with Crippen LogP contribution in [0, 0.1) is 12.8 Å². The van der Waals surface area contributed by atoms with Crippen LogP contribution in [0.2, 0.25) is 0 Å². The first kappa shape index (κ1) is 30.2. The van der Waals surface area contributed by atoms with Gasteiger partial charge >= 0.3 is 0 Å². The van der Waals surface area contributed by atoms with Crippen LogP contribution in [0.3, 0.4) is 0 Å². The van der Waals surface area contributed by atoms with Crippen LogP contribution < -0.4 is 14.4 Å². The molecule has 0 heterocycles. The molecule has 2 aromatic carbocycles. The van der Waals surface area contributed by atoms with Gasteiger partial charge < -0.3 is 15.0 Å². The number of amides is 2. The molecule has 8 nitrogen and oxygen atoms in total. The molecule has 0 bridgehead atoms. The van der Waals surface area contributed by atoms with Crippen molar-refractivity contribution in [3.8, 4) is 5.75 Å². The van der Waals surface area contributed by atoms with Gasteiger partial charge in [0.05, 0.1) is 18.6 Å². The van der Waals surface area contributed by atoms with Crippen molar-refractivity contribution in [3.63, 3.8) is 0 Å². The molecule has 2 aromatic rings. The molecule has 0 fully saturated rings. The Balaban J connectivity index is 2.16. The minimum absolute atomic E-state index is 0.108. The molecule has 0 spiro atoms. The Labute approximate surface area is 222 Å². The van der Waals surface area contributed by atoms with Crippen molar-refractivity contribution in [2.75, 3.05) is 30.3 Å². The van der Waals surface area contributed by atoms with E-state index >= 15 is 0 Å². The van der Waals surface area contributed by atoms with Gasteiger partial charge in [0.15, 0.2) is 0 Å². The Morgan fingerprint density at radius 3 is 2.24 bits per heavy atom. The van der Waals surface area contributed by atoms with Gasteiger partial charge in [0.25, 0.3) is 0 Å². The molecule has 204 valence electrons. The van der Waals surface area contributed by atoms with Crippen molar-refractivity contribution in [1.82, 2.24) is 10.2 Å². The minimum Gasteiger partial charge on any atom is -0.494 e. The number of carbonyl (C=O) groups is 2. The van der Waals surface area contributed by atoms with E-state index in [9.17, 15) is 18.0 Å². The lowest BCUT2D eigenvalue weighted by Crippen LogP contribution is -2.48. The molecule has 0 unspecified atom stereocenters. The van der Waals surface area contributed by atoms with E-state index in [4.69, 9.17) is 4.74 Å². The first-order chi connectivity index (χ1) is 17.4. The van der Waals surface area contributed by atoms with Gasteiger partial charge in [-0.2, -0.15) is 0 Å². The molecule has 0 aliphatic heterocycles. The molecule has 0 radical (unpaired) electrons. The fourth-order valence-electron chi connectivity index (χ4n) is 3.89. The third kappa shape index (κ3) is 9.39. The molecule has 0 aliphatic carbocycles. The van der Waals surface area contributed by atoms with E-state index in [0.717, 1.165) is 17.4 Å². The first-order valence-electron chi connectivity index (χ1n) is 12.8. The van der Waals surface area contributed by atoms with Gasteiger partial charge in [0.2, 0.25) is 21.8 Å². The van der Waals surface area contributed by atoms with Crippen LogP contribution in [-0.2, 0) is 26.2 Å². The monoisotopic (exact) mass is 531 g/mol. The van der Waals surface area contributed by atoms with Crippen molar-refractivity contribution >= 4 is 27.5 Å². The molecule has 0 aliphatic rings. The van der Waals surface area contributed by atoms with Gasteiger partial charge in [-0.3, -0.25) is 13.9 Å². The van der Waals surface area contributed by atoms with Crippen molar-refractivity contribution in [3.05, 3.63) is 59.7 Å². The summed E-state index contributed by atoms with van der Waals surface area (Å²) in [6.45, 7) is 11.1. The van der Waals surface area contributed by atoms with Gasteiger partial charge in [-0.05, 0) is 68.5 Å². The quantitative estimate of drug-likeness (QED) is 0.396. The van der Waals surface area contributed by atoms with Crippen LogP contribution in [0.4, 0.5) is 5.69 Å². The molecule has 1 atom stereocenters. The van der Waals surface area contributed by atoms with Crippen LogP contribution in [-0.4, -0.2) is 57.1 Å². The van der Waals surface area contributed by atoms with Crippen LogP contribution >= 0.6 is 0 Å². The minimum atomic E-state index is -3.56. The number of nitrogens with zero attached hydrogens (tertiary/aromatic N) is 2. The molecule has 9 heteroatoms. The van der Waals surface area contributed by atoms with E-state index in [0.29, 0.717) is 43.5 Å². The Morgan fingerprint density at radius 1 is 1.03 bits per heavy atom. The summed E-state index contributed by atoms with van der Waals surface area (Å²) >= 11 is 0. The van der Waals surface area contributed by atoms with E-state index < -0.39 is 16.1 Å². The Hall–Kier alpha value is -3.07. The highest BCUT2D eigenvalue weighted by Crippen LogP contribution is 2.23. The first-order valence-corrected chi connectivity index (χ1v) is 14.6. The summed E-state index contributed by atoms with van der Waals surface area (Å²) in [5.74, 6) is 0.547. The zero-order chi connectivity index (χ0) is 27.6. The molecule has 0 saturated heterocycles. The zero-order valence-electron chi connectivity index (χ0n) is 22.9. The maximum absolute atomic E-state index is 13.4. The summed E-state index contributed by atoms with van der Waals surface area (Å²) in [6, 6.07) is 13.9. The lowest BCUT2D eigenvalue weighted by molar-refractivity contribution is -0.140. The number of anilines is 1. The summed E-state index contributed by atoms with van der Waals surface area (Å²) in [6.07, 6.45) is 1.57. The summed E-state index contributed by atoms with van der Waals surface area (Å²) in [5.41, 5.74) is 2.51. The Kier molecular flexibility index (Phi) is 11.4. The highest BCUT2D eigenvalue weighted by atomic mass is 32.2. The maximum Gasteiger partial charge on any atom is 0.242 e. The topological polar surface area (TPSA) is 96.0 Å². The van der Waals surface area contributed by atoms with E-state index in [2.05, 4.69) is 5.32 Å². The highest BCUT2D eigenvalue weighted by molar-refractivity contribution is 7.92. The van der Waals surface area contributed by atoms with Crippen molar-refractivity contribution < 1.29 is 22.7 Å². The molecule has 0 saturated carbocycles. The highest BCUT2D eigenvalue weighted by Gasteiger charge is 2.27. The van der Waals surface area contributed by atoms with Crippen molar-refractivity contribution in [2.45, 2.75) is 60.0 Å². The number of benzene rings is 2. The third-order valence-corrected chi connectivity index (χ3v) is 7.24. The molecule has 37 heavy (non-hydrogen) atoms. The summed E-state index contributed by atoms with van der Waals surface area (Å²) < 4.78 is 31.7. The van der Waals surface area contributed by atoms with Gasteiger partial charge in [0, 0.05) is 26.1 Å². The lowest BCUT2D eigenvalue weighted by Gasteiger charge is -2.30. The fraction of sp³-hybridized carbons (Fsp3) is 0.500. The second kappa shape index (κ2) is 14.0. The fourth-order valence-corrected chi connectivity index (χ4v) is 4.85. The summed E-state index contributed by atoms with van der Waals surface area (Å²) in [5, 5.41) is 2.92. The van der Waals surface area contributed by atoms with Gasteiger partial charge in [-0.1, -0.05) is 38.1 Å². The average Bonchev–Trinajstić information content (AvgIpc) is 2.84. The molecular weight excluding hydrogens is 490 g/mol. The predicted molar refractivity (Wildman–Crippen MR) is 148 cm³/mol. The Bertz CT molecular complexity index is 1130. The molecule has 1 N–H and O–H groups in total.